The van der Waals surface area contributed by atoms with Crippen LogP contribution < -0.4 is 5.01 Å². The van der Waals surface area contributed by atoms with E-state index in [1.54, 1.807) is 24.3 Å². The van der Waals surface area contributed by atoms with Crippen LogP contribution in [0.25, 0.3) is 0 Å². The molecule has 0 unspecified atom stereocenters. The lowest BCUT2D eigenvalue weighted by Gasteiger charge is -2.24. The smallest absolute Gasteiger partial charge is 0.128 e. The Labute approximate surface area is 158 Å². The molecule has 0 radical (unpaired) electrons. The fourth-order valence-electron chi connectivity index (χ4n) is 3.15. The zero-order valence-electron chi connectivity index (χ0n) is 13.7. The van der Waals surface area contributed by atoms with Crippen LogP contribution in [0.2, 0.25) is 0 Å². The molecule has 2 nitrogen and oxygen atoms in total. The topological polar surface area (TPSA) is 15.6 Å². The highest BCUT2D eigenvalue weighted by atomic mass is 79.9. The van der Waals surface area contributed by atoms with Gasteiger partial charge in [0.25, 0.3) is 0 Å². The van der Waals surface area contributed by atoms with Crippen molar-refractivity contribution in [1.29, 1.82) is 0 Å². The van der Waals surface area contributed by atoms with Gasteiger partial charge in [-0.2, -0.15) is 5.10 Å². The zero-order valence-corrected chi connectivity index (χ0v) is 15.3. The van der Waals surface area contributed by atoms with Gasteiger partial charge in [-0.25, -0.2) is 8.78 Å². The van der Waals surface area contributed by atoms with Gasteiger partial charge in [0, 0.05) is 16.5 Å². The molecule has 1 aliphatic rings. The second-order valence-corrected chi connectivity index (χ2v) is 7.03. The van der Waals surface area contributed by atoms with Gasteiger partial charge in [0.15, 0.2) is 0 Å². The molecule has 1 heterocycles. The molecule has 0 bridgehead atoms. The van der Waals surface area contributed by atoms with Gasteiger partial charge in [-0.1, -0.05) is 46.3 Å². The molecule has 0 amide bonds. The van der Waals surface area contributed by atoms with Gasteiger partial charge in [-0.05, 0) is 48.0 Å². The Bertz CT molecular complexity index is 953. The molecule has 26 heavy (non-hydrogen) atoms. The van der Waals surface area contributed by atoms with Crippen molar-refractivity contribution in [3.8, 4) is 0 Å². The van der Waals surface area contributed by atoms with E-state index in [-0.39, 0.29) is 17.7 Å². The van der Waals surface area contributed by atoms with Crippen LogP contribution in [-0.2, 0) is 0 Å². The van der Waals surface area contributed by atoms with Crippen molar-refractivity contribution in [3.05, 3.63) is 100 Å². The number of nitrogens with zero attached hydrogens (tertiary/aromatic N) is 2. The average molecular weight is 413 g/mol. The summed E-state index contributed by atoms with van der Waals surface area (Å²) in [6.45, 7) is 0. The van der Waals surface area contributed by atoms with E-state index >= 15 is 0 Å². The summed E-state index contributed by atoms with van der Waals surface area (Å²) in [6.07, 6.45) is 0.544. The first-order valence-electron chi connectivity index (χ1n) is 8.24. The summed E-state index contributed by atoms with van der Waals surface area (Å²) in [6, 6.07) is 20.5. The van der Waals surface area contributed by atoms with Gasteiger partial charge in [-0.3, -0.25) is 5.01 Å². The van der Waals surface area contributed by atoms with Crippen molar-refractivity contribution in [2.24, 2.45) is 5.10 Å². The number of rotatable bonds is 3. The summed E-state index contributed by atoms with van der Waals surface area (Å²) in [5.74, 6) is -0.544. The maximum Gasteiger partial charge on any atom is 0.128 e. The minimum Gasteiger partial charge on any atom is -0.257 e. The van der Waals surface area contributed by atoms with Crippen LogP contribution in [0.4, 0.5) is 14.5 Å². The number of benzene rings is 3. The Morgan fingerprint density at radius 1 is 0.885 bits per heavy atom. The Balaban J connectivity index is 1.77. The first-order chi connectivity index (χ1) is 12.6. The number of hydrogen-bond acceptors (Lipinski definition) is 2. The lowest BCUT2D eigenvalue weighted by molar-refractivity contribution is 0.579. The number of halogens is 3. The molecule has 5 heteroatoms. The van der Waals surface area contributed by atoms with Crippen molar-refractivity contribution in [2.45, 2.75) is 12.5 Å². The third-order valence-corrected chi connectivity index (χ3v) is 4.97. The van der Waals surface area contributed by atoms with E-state index in [9.17, 15) is 8.78 Å². The van der Waals surface area contributed by atoms with Gasteiger partial charge < -0.3 is 0 Å². The predicted octanol–water partition coefficient (Wildman–Crippen LogP) is 6.08. The standard InChI is InChI=1S/C21H15BrF2N2/c22-15-7-11-17(12-8-15)26-21(18-3-1-2-4-19(18)24)13-20(25-26)14-5-9-16(23)10-6-14/h1-12,21H,13H2/t21-/m1/s1. The summed E-state index contributed by atoms with van der Waals surface area (Å²) in [4.78, 5) is 0. The SMILES string of the molecule is Fc1ccc(C2=NN(c3ccc(Br)cc3)[C@@H](c3ccccc3F)C2)cc1. The second kappa shape index (κ2) is 7.00. The average Bonchev–Trinajstić information content (AvgIpc) is 3.08. The molecular weight excluding hydrogens is 398 g/mol. The van der Waals surface area contributed by atoms with Crippen molar-refractivity contribution >= 4 is 27.3 Å². The maximum atomic E-state index is 14.4. The fourth-order valence-corrected chi connectivity index (χ4v) is 3.41. The molecule has 4 rings (SSSR count). The highest BCUT2D eigenvalue weighted by molar-refractivity contribution is 9.10. The minimum atomic E-state index is -0.289. The van der Waals surface area contributed by atoms with E-state index in [1.165, 1.54) is 18.2 Å². The van der Waals surface area contributed by atoms with E-state index in [2.05, 4.69) is 15.9 Å². The van der Waals surface area contributed by atoms with Crippen LogP contribution in [0.15, 0.2) is 82.4 Å². The lowest BCUT2D eigenvalue weighted by Crippen LogP contribution is -2.19. The monoisotopic (exact) mass is 412 g/mol. The van der Waals surface area contributed by atoms with Crippen molar-refractivity contribution in [2.75, 3.05) is 5.01 Å². The quantitative estimate of drug-likeness (QED) is 0.508. The van der Waals surface area contributed by atoms with E-state index in [0.29, 0.717) is 12.0 Å². The molecule has 1 aliphatic heterocycles. The summed E-state index contributed by atoms with van der Waals surface area (Å²) >= 11 is 3.43. The zero-order chi connectivity index (χ0) is 18.1. The Hall–Kier alpha value is -2.53. The molecule has 0 fully saturated rings. The predicted molar refractivity (Wildman–Crippen MR) is 103 cm³/mol. The molecule has 0 spiro atoms. The first-order valence-corrected chi connectivity index (χ1v) is 9.04. The summed E-state index contributed by atoms with van der Waals surface area (Å²) in [7, 11) is 0. The van der Waals surface area contributed by atoms with Crippen LogP contribution >= 0.6 is 15.9 Å². The van der Waals surface area contributed by atoms with Crippen LogP contribution in [0.1, 0.15) is 23.6 Å². The Kier molecular flexibility index (Phi) is 4.55. The number of anilines is 1. The van der Waals surface area contributed by atoms with Crippen LogP contribution in [0, 0.1) is 11.6 Å². The van der Waals surface area contributed by atoms with Gasteiger partial charge in [-0.15, -0.1) is 0 Å². The highest BCUT2D eigenvalue weighted by Crippen LogP contribution is 2.37. The number of hydrazone groups is 1. The molecular formula is C21H15BrF2N2. The molecule has 1 atom stereocenters. The molecule has 0 aromatic heterocycles. The molecule has 0 N–H and O–H groups in total. The van der Waals surface area contributed by atoms with Gasteiger partial charge >= 0.3 is 0 Å². The third-order valence-electron chi connectivity index (χ3n) is 4.44. The van der Waals surface area contributed by atoms with Gasteiger partial charge in [0.1, 0.15) is 11.6 Å². The largest absolute Gasteiger partial charge is 0.257 e. The van der Waals surface area contributed by atoms with E-state index in [0.717, 1.165) is 21.4 Å². The number of hydrogen-bond donors (Lipinski definition) is 0. The summed E-state index contributed by atoms with van der Waals surface area (Å²) < 4.78 is 28.6. The summed E-state index contributed by atoms with van der Waals surface area (Å²) in [5, 5.41) is 6.57. The lowest BCUT2D eigenvalue weighted by atomic mass is 9.98. The van der Waals surface area contributed by atoms with Gasteiger partial charge in [0.05, 0.1) is 17.4 Å². The minimum absolute atomic E-state index is 0.252. The molecule has 0 aliphatic carbocycles. The molecule has 130 valence electrons. The first kappa shape index (κ1) is 16.9. The van der Waals surface area contributed by atoms with E-state index < -0.39 is 0 Å². The third kappa shape index (κ3) is 3.27. The van der Waals surface area contributed by atoms with Crippen molar-refractivity contribution < 1.29 is 8.78 Å². The normalized spacial score (nSPS) is 16.7. The Morgan fingerprint density at radius 3 is 2.27 bits per heavy atom. The van der Waals surface area contributed by atoms with Gasteiger partial charge in [0.2, 0.25) is 0 Å². The van der Waals surface area contributed by atoms with Crippen molar-refractivity contribution in [3.63, 3.8) is 0 Å². The van der Waals surface area contributed by atoms with E-state index in [1.807, 2.05) is 35.3 Å². The maximum absolute atomic E-state index is 14.4. The van der Waals surface area contributed by atoms with E-state index in [4.69, 9.17) is 5.10 Å². The molecule has 0 saturated carbocycles. The fraction of sp³-hybridized carbons (Fsp3) is 0.0952. The highest BCUT2D eigenvalue weighted by Gasteiger charge is 2.31. The molecule has 0 saturated heterocycles. The molecule has 3 aromatic rings. The van der Waals surface area contributed by atoms with Crippen molar-refractivity contribution in [1.82, 2.24) is 0 Å². The van der Waals surface area contributed by atoms with Crippen LogP contribution in [0.5, 0.6) is 0 Å². The molecule has 3 aromatic carbocycles. The van der Waals surface area contributed by atoms with Crippen LogP contribution in [0.3, 0.4) is 0 Å². The Morgan fingerprint density at radius 2 is 1.58 bits per heavy atom. The van der Waals surface area contributed by atoms with Crippen LogP contribution in [-0.4, -0.2) is 5.71 Å². The summed E-state index contributed by atoms with van der Waals surface area (Å²) in [5.41, 5.74) is 3.11. The second-order valence-electron chi connectivity index (χ2n) is 6.12.